The molecule has 10 nitrogen and oxygen atoms in total. The number of carbonyl (C=O) groups excluding carboxylic acids is 3. The Bertz CT molecular complexity index is 944. The van der Waals surface area contributed by atoms with Crippen LogP contribution in [0.2, 0.25) is 0 Å². The van der Waals surface area contributed by atoms with Crippen LogP contribution < -0.4 is 10.4 Å². The summed E-state index contributed by atoms with van der Waals surface area (Å²) in [6, 6.07) is 10.5. The molecule has 0 radical (unpaired) electrons. The van der Waals surface area contributed by atoms with E-state index in [1.165, 1.54) is 0 Å². The van der Waals surface area contributed by atoms with Crippen molar-refractivity contribution in [3.8, 4) is 0 Å². The van der Waals surface area contributed by atoms with Crippen LogP contribution in [0.5, 0.6) is 0 Å². The molecule has 202 valence electrons. The van der Waals surface area contributed by atoms with Gasteiger partial charge in [-0.25, -0.2) is 10.3 Å². The summed E-state index contributed by atoms with van der Waals surface area (Å²) in [6.07, 6.45) is 3.89. The first-order valence-corrected chi connectivity index (χ1v) is 13.7. The molecule has 37 heavy (non-hydrogen) atoms. The third-order valence-electron chi connectivity index (χ3n) is 8.41. The third-order valence-corrected chi connectivity index (χ3v) is 8.41. The number of hydrogen-bond donors (Lipinski definition) is 2. The largest absolute Gasteiger partial charge is 0.378 e. The monoisotopic (exact) mass is 513 g/mol. The summed E-state index contributed by atoms with van der Waals surface area (Å²) >= 11 is 0. The van der Waals surface area contributed by atoms with Gasteiger partial charge in [-0.15, -0.1) is 0 Å². The Kier molecular flexibility index (Phi) is 8.14. The Morgan fingerprint density at radius 2 is 1.59 bits per heavy atom. The number of hydroxylamine groups is 1. The molecule has 4 fully saturated rings. The molecule has 0 spiro atoms. The molecule has 1 unspecified atom stereocenters. The molecule has 1 aromatic carbocycles. The van der Waals surface area contributed by atoms with Crippen molar-refractivity contribution in [2.75, 3.05) is 63.9 Å². The lowest BCUT2D eigenvalue weighted by Gasteiger charge is -2.42. The Balaban J connectivity index is 1.20. The number of piperazine rings is 1. The predicted molar refractivity (Wildman–Crippen MR) is 137 cm³/mol. The van der Waals surface area contributed by atoms with Crippen molar-refractivity contribution in [3.05, 3.63) is 30.3 Å². The number of ether oxygens (including phenoxy) is 1. The van der Waals surface area contributed by atoms with Gasteiger partial charge in [-0.2, -0.15) is 0 Å². The zero-order chi connectivity index (χ0) is 25.8. The van der Waals surface area contributed by atoms with E-state index in [2.05, 4.69) is 17.0 Å². The Morgan fingerprint density at radius 1 is 0.892 bits per heavy atom. The van der Waals surface area contributed by atoms with Crippen molar-refractivity contribution in [2.24, 2.45) is 17.8 Å². The van der Waals surface area contributed by atoms with Gasteiger partial charge in [0.15, 0.2) is 0 Å². The van der Waals surface area contributed by atoms with Crippen molar-refractivity contribution >= 4 is 23.5 Å². The molecule has 4 amide bonds. The molecule has 1 aromatic rings. The van der Waals surface area contributed by atoms with Gasteiger partial charge >= 0.3 is 6.03 Å². The fourth-order valence-electron chi connectivity index (χ4n) is 6.13. The number of para-hydroxylation sites is 1. The van der Waals surface area contributed by atoms with E-state index >= 15 is 0 Å². The lowest BCUT2D eigenvalue weighted by Crippen LogP contribution is -2.54. The minimum Gasteiger partial charge on any atom is -0.378 e. The van der Waals surface area contributed by atoms with E-state index in [4.69, 9.17) is 4.74 Å². The second-order valence-electron chi connectivity index (χ2n) is 10.8. The number of amides is 4. The van der Waals surface area contributed by atoms with Crippen LogP contribution in [-0.2, 0) is 14.3 Å². The van der Waals surface area contributed by atoms with E-state index in [0.717, 1.165) is 38.0 Å². The zero-order valence-electron chi connectivity index (χ0n) is 21.5. The zero-order valence-corrected chi connectivity index (χ0v) is 21.5. The highest BCUT2D eigenvalue weighted by atomic mass is 16.5. The molecule has 2 saturated heterocycles. The van der Waals surface area contributed by atoms with E-state index < -0.39 is 17.7 Å². The minimum absolute atomic E-state index is 0.00297. The summed E-state index contributed by atoms with van der Waals surface area (Å²) in [6.45, 7) is 5.67. The fraction of sp³-hybridized carbons (Fsp3) is 0.667. The maximum Gasteiger partial charge on any atom is 0.320 e. The highest BCUT2D eigenvalue weighted by Gasteiger charge is 2.44. The van der Waals surface area contributed by atoms with Crippen molar-refractivity contribution < 1.29 is 24.3 Å². The number of urea groups is 1. The Hall–Kier alpha value is -2.85. The number of rotatable bonds is 6. The Labute approximate surface area is 218 Å². The van der Waals surface area contributed by atoms with Crippen LogP contribution in [0.25, 0.3) is 0 Å². The van der Waals surface area contributed by atoms with Crippen LogP contribution >= 0.6 is 0 Å². The van der Waals surface area contributed by atoms with E-state index in [-0.39, 0.29) is 23.9 Å². The highest BCUT2D eigenvalue weighted by Crippen LogP contribution is 2.38. The average Bonchev–Trinajstić information content (AvgIpc) is 3.81. The van der Waals surface area contributed by atoms with Crippen LogP contribution in [0.4, 0.5) is 10.5 Å². The summed E-state index contributed by atoms with van der Waals surface area (Å²) in [5.74, 6) is -1.42. The second-order valence-corrected chi connectivity index (χ2v) is 10.8. The quantitative estimate of drug-likeness (QED) is 0.444. The van der Waals surface area contributed by atoms with Gasteiger partial charge in [-0.3, -0.25) is 14.8 Å². The lowest BCUT2D eigenvalue weighted by molar-refractivity contribution is -0.148. The number of hydrogen-bond acceptors (Lipinski definition) is 6. The van der Waals surface area contributed by atoms with Crippen molar-refractivity contribution in [3.63, 3.8) is 0 Å². The van der Waals surface area contributed by atoms with Crippen molar-refractivity contribution in [2.45, 2.75) is 38.1 Å². The van der Waals surface area contributed by atoms with Gasteiger partial charge in [0.2, 0.25) is 11.8 Å². The summed E-state index contributed by atoms with van der Waals surface area (Å²) in [5, 5.41) is 9.47. The van der Waals surface area contributed by atoms with Crippen LogP contribution in [0.15, 0.2) is 30.3 Å². The van der Waals surface area contributed by atoms with Crippen LogP contribution in [0, 0.1) is 17.8 Å². The van der Waals surface area contributed by atoms with Crippen molar-refractivity contribution in [1.29, 1.82) is 0 Å². The number of nitrogens with zero attached hydrogens (tertiary/aromatic N) is 4. The van der Waals surface area contributed by atoms with E-state index in [1.807, 2.05) is 38.4 Å². The average molecular weight is 514 g/mol. The minimum atomic E-state index is -0.594. The van der Waals surface area contributed by atoms with Gasteiger partial charge in [0, 0.05) is 63.5 Å². The van der Waals surface area contributed by atoms with Crippen LogP contribution in [-0.4, -0.2) is 103 Å². The molecule has 10 heteroatoms. The molecule has 2 aliphatic carbocycles. The van der Waals surface area contributed by atoms with Crippen molar-refractivity contribution in [1.82, 2.24) is 20.2 Å². The lowest BCUT2D eigenvalue weighted by atomic mass is 9.72. The van der Waals surface area contributed by atoms with Crippen LogP contribution in [0.1, 0.15) is 32.1 Å². The van der Waals surface area contributed by atoms with Gasteiger partial charge in [0.05, 0.1) is 19.1 Å². The number of morpholine rings is 1. The fourth-order valence-corrected chi connectivity index (χ4v) is 6.13. The molecule has 2 saturated carbocycles. The van der Waals surface area contributed by atoms with Gasteiger partial charge in [-0.1, -0.05) is 18.2 Å². The molecule has 4 aliphatic rings. The molecular formula is C27H39N5O5. The van der Waals surface area contributed by atoms with Gasteiger partial charge in [0.1, 0.15) is 0 Å². The molecule has 0 bridgehead atoms. The number of nitrogens with one attached hydrogen (secondary N) is 1. The van der Waals surface area contributed by atoms with Gasteiger partial charge in [-0.05, 0) is 50.2 Å². The topological polar surface area (TPSA) is 106 Å². The summed E-state index contributed by atoms with van der Waals surface area (Å²) < 4.78 is 5.40. The van der Waals surface area contributed by atoms with E-state index in [9.17, 15) is 19.6 Å². The molecule has 5 rings (SSSR count). The maximum absolute atomic E-state index is 13.6. The molecular weight excluding hydrogens is 474 g/mol. The predicted octanol–water partition coefficient (Wildman–Crippen LogP) is 1.79. The summed E-state index contributed by atoms with van der Waals surface area (Å²) in [4.78, 5) is 47.5. The SMILES string of the molecule is O=C(NO)[C@H]1CC(CN(C(=O)N2CCOCC2)C2CC2)CC[C@@H]1C(=O)N1CCN(c2ccccc2)CC1. The first-order chi connectivity index (χ1) is 18.0. The van der Waals surface area contributed by atoms with Gasteiger partial charge < -0.3 is 24.3 Å². The normalized spacial score (nSPS) is 26.5. The third kappa shape index (κ3) is 6.01. The molecule has 0 aromatic heterocycles. The second kappa shape index (κ2) is 11.7. The molecule has 3 atom stereocenters. The smallest absolute Gasteiger partial charge is 0.320 e. The number of carbonyl (C=O) groups is 3. The van der Waals surface area contributed by atoms with Gasteiger partial charge in [0.25, 0.3) is 0 Å². The first kappa shape index (κ1) is 25.8. The highest BCUT2D eigenvalue weighted by molar-refractivity contribution is 5.87. The number of benzene rings is 1. The van der Waals surface area contributed by atoms with Crippen LogP contribution in [0.3, 0.4) is 0 Å². The number of anilines is 1. The summed E-state index contributed by atoms with van der Waals surface area (Å²) in [5.41, 5.74) is 2.97. The standard InChI is InChI=1S/C27H39N5O5/c33-25(28-36)24-18-20(19-32(22-7-8-22)27(35)31-14-16-37-17-15-31)6-9-23(24)26(34)30-12-10-29(11-13-30)21-4-2-1-3-5-21/h1-5,20,22-24,36H,6-19H2,(H,28,33)/t20?,23-,24-/m0/s1. The first-order valence-electron chi connectivity index (χ1n) is 13.7. The van der Waals surface area contributed by atoms with E-state index in [1.54, 1.807) is 0 Å². The van der Waals surface area contributed by atoms with E-state index in [0.29, 0.717) is 58.8 Å². The maximum atomic E-state index is 13.6. The Morgan fingerprint density at radius 3 is 2.24 bits per heavy atom. The molecule has 2 aliphatic heterocycles. The molecule has 2 N–H and O–H groups in total. The summed E-state index contributed by atoms with van der Waals surface area (Å²) in [7, 11) is 0. The molecule has 2 heterocycles.